The SMILES string of the molecule is COCCN1CCN(C2CCCNC2)C1=O. The molecule has 1 unspecified atom stereocenters. The van der Waals surface area contributed by atoms with Crippen LogP contribution in [0.2, 0.25) is 0 Å². The summed E-state index contributed by atoms with van der Waals surface area (Å²) in [7, 11) is 1.67. The third-order valence-corrected chi connectivity index (χ3v) is 3.40. The molecule has 1 N–H and O–H groups in total. The number of methoxy groups -OCH3 is 1. The highest BCUT2D eigenvalue weighted by atomic mass is 16.5. The van der Waals surface area contributed by atoms with E-state index in [4.69, 9.17) is 4.74 Å². The van der Waals surface area contributed by atoms with Gasteiger partial charge in [0.1, 0.15) is 0 Å². The molecule has 0 radical (unpaired) electrons. The fourth-order valence-corrected chi connectivity index (χ4v) is 2.45. The van der Waals surface area contributed by atoms with Gasteiger partial charge < -0.3 is 19.9 Å². The molecule has 92 valence electrons. The summed E-state index contributed by atoms with van der Waals surface area (Å²) < 4.78 is 5.01. The van der Waals surface area contributed by atoms with E-state index in [1.807, 2.05) is 9.80 Å². The maximum absolute atomic E-state index is 12.1. The number of rotatable bonds is 4. The smallest absolute Gasteiger partial charge is 0.320 e. The van der Waals surface area contributed by atoms with E-state index in [1.165, 1.54) is 6.42 Å². The van der Waals surface area contributed by atoms with Crippen LogP contribution in [0.5, 0.6) is 0 Å². The summed E-state index contributed by atoms with van der Waals surface area (Å²) in [6, 6.07) is 0.583. The summed E-state index contributed by atoms with van der Waals surface area (Å²) in [5, 5.41) is 3.35. The van der Waals surface area contributed by atoms with E-state index in [9.17, 15) is 4.79 Å². The fourth-order valence-electron chi connectivity index (χ4n) is 2.45. The highest BCUT2D eigenvalue weighted by Crippen LogP contribution is 2.17. The molecule has 2 aliphatic rings. The monoisotopic (exact) mass is 227 g/mol. The molecular weight excluding hydrogens is 206 g/mol. The summed E-state index contributed by atoms with van der Waals surface area (Å²) >= 11 is 0. The molecule has 0 saturated carbocycles. The second-order valence-electron chi connectivity index (χ2n) is 4.46. The van der Waals surface area contributed by atoms with Crippen molar-refractivity contribution in [2.45, 2.75) is 18.9 Å². The number of amides is 2. The Bertz CT molecular complexity index is 241. The third kappa shape index (κ3) is 2.47. The summed E-state index contributed by atoms with van der Waals surface area (Å²) in [6.45, 7) is 5.10. The second kappa shape index (κ2) is 5.50. The Morgan fingerprint density at radius 2 is 2.38 bits per heavy atom. The molecule has 2 heterocycles. The number of nitrogens with zero attached hydrogens (tertiary/aromatic N) is 2. The van der Waals surface area contributed by atoms with Crippen molar-refractivity contribution in [1.29, 1.82) is 0 Å². The van der Waals surface area contributed by atoms with Crippen LogP contribution in [0.3, 0.4) is 0 Å². The van der Waals surface area contributed by atoms with Gasteiger partial charge in [-0.05, 0) is 19.4 Å². The van der Waals surface area contributed by atoms with Crippen LogP contribution in [0.25, 0.3) is 0 Å². The molecular formula is C11H21N3O2. The molecule has 2 amide bonds. The van der Waals surface area contributed by atoms with Crippen LogP contribution in [-0.2, 0) is 4.74 Å². The lowest BCUT2D eigenvalue weighted by atomic mass is 10.1. The van der Waals surface area contributed by atoms with Gasteiger partial charge in [0.05, 0.1) is 6.61 Å². The van der Waals surface area contributed by atoms with E-state index < -0.39 is 0 Å². The van der Waals surface area contributed by atoms with Crippen molar-refractivity contribution < 1.29 is 9.53 Å². The molecule has 0 aromatic rings. The number of urea groups is 1. The van der Waals surface area contributed by atoms with Crippen molar-refractivity contribution in [1.82, 2.24) is 15.1 Å². The molecule has 0 aromatic carbocycles. The van der Waals surface area contributed by atoms with Crippen LogP contribution in [-0.4, -0.2) is 68.3 Å². The summed E-state index contributed by atoms with van der Waals surface area (Å²) in [4.78, 5) is 16.0. The molecule has 5 nitrogen and oxygen atoms in total. The lowest BCUT2D eigenvalue weighted by Crippen LogP contribution is -2.47. The largest absolute Gasteiger partial charge is 0.383 e. The highest BCUT2D eigenvalue weighted by molar-refractivity contribution is 5.76. The van der Waals surface area contributed by atoms with Gasteiger partial charge in [0.25, 0.3) is 0 Å². The van der Waals surface area contributed by atoms with Gasteiger partial charge in [0.2, 0.25) is 0 Å². The topological polar surface area (TPSA) is 44.8 Å². The van der Waals surface area contributed by atoms with E-state index in [2.05, 4.69) is 5.32 Å². The number of ether oxygens (including phenoxy) is 1. The average Bonchev–Trinajstić information content (AvgIpc) is 2.69. The Hall–Kier alpha value is -0.810. The van der Waals surface area contributed by atoms with Crippen LogP contribution in [0.1, 0.15) is 12.8 Å². The van der Waals surface area contributed by atoms with Gasteiger partial charge in [-0.25, -0.2) is 4.79 Å². The minimum atomic E-state index is 0.186. The van der Waals surface area contributed by atoms with Gasteiger partial charge >= 0.3 is 6.03 Å². The average molecular weight is 227 g/mol. The minimum absolute atomic E-state index is 0.186. The Labute approximate surface area is 96.7 Å². The number of hydrogen-bond acceptors (Lipinski definition) is 3. The summed E-state index contributed by atoms with van der Waals surface area (Å²) in [5.41, 5.74) is 0. The van der Waals surface area contributed by atoms with Crippen LogP contribution < -0.4 is 5.32 Å². The van der Waals surface area contributed by atoms with Gasteiger partial charge in [-0.3, -0.25) is 0 Å². The van der Waals surface area contributed by atoms with Gasteiger partial charge in [-0.1, -0.05) is 0 Å². The summed E-state index contributed by atoms with van der Waals surface area (Å²) in [6.07, 6.45) is 2.31. The highest BCUT2D eigenvalue weighted by Gasteiger charge is 2.33. The van der Waals surface area contributed by atoms with Crippen LogP contribution in [0, 0.1) is 0 Å². The van der Waals surface area contributed by atoms with E-state index in [-0.39, 0.29) is 6.03 Å². The fraction of sp³-hybridized carbons (Fsp3) is 0.909. The molecule has 0 bridgehead atoms. The lowest BCUT2D eigenvalue weighted by Gasteiger charge is -2.31. The standard InChI is InChI=1S/C11H21N3O2/c1-16-8-7-13-5-6-14(11(13)15)10-3-2-4-12-9-10/h10,12H,2-9H2,1H3. The second-order valence-corrected chi connectivity index (χ2v) is 4.46. The van der Waals surface area contributed by atoms with Gasteiger partial charge in [0, 0.05) is 39.3 Å². The molecule has 5 heteroatoms. The van der Waals surface area contributed by atoms with Crippen LogP contribution >= 0.6 is 0 Å². The van der Waals surface area contributed by atoms with Crippen molar-refractivity contribution in [3.8, 4) is 0 Å². The minimum Gasteiger partial charge on any atom is -0.383 e. The predicted molar refractivity (Wildman–Crippen MR) is 61.4 cm³/mol. The molecule has 2 rings (SSSR count). The number of nitrogens with one attached hydrogen (secondary N) is 1. The molecule has 2 saturated heterocycles. The van der Waals surface area contributed by atoms with Crippen LogP contribution in [0.4, 0.5) is 4.79 Å². The molecule has 0 aromatic heterocycles. The van der Waals surface area contributed by atoms with Crippen LogP contribution in [0.15, 0.2) is 0 Å². The first-order valence-electron chi connectivity index (χ1n) is 6.08. The van der Waals surface area contributed by atoms with Gasteiger partial charge in [-0.2, -0.15) is 0 Å². The quantitative estimate of drug-likeness (QED) is 0.742. The van der Waals surface area contributed by atoms with Gasteiger partial charge in [-0.15, -0.1) is 0 Å². The third-order valence-electron chi connectivity index (χ3n) is 3.40. The molecule has 0 spiro atoms. The van der Waals surface area contributed by atoms with E-state index in [0.29, 0.717) is 19.2 Å². The van der Waals surface area contributed by atoms with Gasteiger partial charge in [0.15, 0.2) is 0 Å². The van der Waals surface area contributed by atoms with E-state index in [0.717, 1.165) is 32.6 Å². The first kappa shape index (κ1) is 11.7. The predicted octanol–water partition coefficient (Wildman–Crippen LogP) is 0.122. The lowest BCUT2D eigenvalue weighted by molar-refractivity contribution is 0.145. The molecule has 2 fully saturated rings. The maximum atomic E-state index is 12.1. The number of hydrogen-bond donors (Lipinski definition) is 1. The number of piperidine rings is 1. The zero-order chi connectivity index (χ0) is 11.4. The Balaban J connectivity index is 1.85. The summed E-state index contributed by atoms with van der Waals surface area (Å²) in [5.74, 6) is 0. The Morgan fingerprint density at radius 1 is 1.50 bits per heavy atom. The zero-order valence-corrected chi connectivity index (χ0v) is 9.95. The normalized spacial score (nSPS) is 26.6. The van der Waals surface area contributed by atoms with Crippen molar-refractivity contribution in [2.24, 2.45) is 0 Å². The van der Waals surface area contributed by atoms with Crippen molar-refractivity contribution >= 4 is 6.03 Å². The van der Waals surface area contributed by atoms with Crippen molar-refractivity contribution in [2.75, 3.05) is 46.4 Å². The van der Waals surface area contributed by atoms with E-state index in [1.54, 1.807) is 7.11 Å². The molecule has 16 heavy (non-hydrogen) atoms. The van der Waals surface area contributed by atoms with E-state index >= 15 is 0 Å². The number of carbonyl (C=O) groups excluding carboxylic acids is 1. The number of carbonyl (C=O) groups is 1. The first-order valence-corrected chi connectivity index (χ1v) is 6.08. The molecule has 2 aliphatic heterocycles. The van der Waals surface area contributed by atoms with Crippen molar-refractivity contribution in [3.05, 3.63) is 0 Å². The van der Waals surface area contributed by atoms with Crippen molar-refractivity contribution in [3.63, 3.8) is 0 Å². The molecule has 1 atom stereocenters. The maximum Gasteiger partial charge on any atom is 0.320 e. The zero-order valence-electron chi connectivity index (χ0n) is 9.95. The Kier molecular flexibility index (Phi) is 4.01. The first-order chi connectivity index (χ1) is 7.83. The Morgan fingerprint density at radius 3 is 3.06 bits per heavy atom. The molecule has 0 aliphatic carbocycles.